The third-order valence-electron chi connectivity index (χ3n) is 5.61. The zero-order chi connectivity index (χ0) is 27.5. The summed E-state index contributed by atoms with van der Waals surface area (Å²) in [5.41, 5.74) is 6.58. The third-order valence-corrected chi connectivity index (χ3v) is 7.53. The van der Waals surface area contributed by atoms with E-state index in [-0.39, 0.29) is 42.6 Å². The second-order valence-corrected chi connectivity index (χ2v) is 11.5. The highest BCUT2D eigenvalue weighted by molar-refractivity contribution is 7.89. The molecule has 200 valence electrons. The van der Waals surface area contributed by atoms with Crippen molar-refractivity contribution in [2.75, 3.05) is 37.2 Å². The van der Waals surface area contributed by atoms with Crippen LogP contribution >= 0.6 is 0 Å². The number of nitrogens with one attached hydrogen (secondary N) is 1. The van der Waals surface area contributed by atoms with E-state index in [0.717, 1.165) is 0 Å². The van der Waals surface area contributed by atoms with Crippen LogP contribution in [0.3, 0.4) is 0 Å². The third kappa shape index (κ3) is 6.23. The molecular formula is C25H29N7O5S. The van der Waals surface area contributed by atoms with Crippen LogP contribution in [0.15, 0.2) is 59.9 Å². The molecule has 1 fully saturated rings. The Bertz CT molecular complexity index is 1420. The average molecular weight is 540 g/mol. The lowest BCUT2D eigenvalue weighted by atomic mass is 10.1. The van der Waals surface area contributed by atoms with Gasteiger partial charge in [0.25, 0.3) is 5.91 Å². The van der Waals surface area contributed by atoms with E-state index in [1.165, 1.54) is 33.7 Å². The number of nitrogens with two attached hydrogens (primary N) is 1. The van der Waals surface area contributed by atoms with Crippen molar-refractivity contribution in [1.29, 1.82) is 0 Å². The molecule has 1 aliphatic heterocycles. The molecule has 1 saturated heterocycles. The van der Waals surface area contributed by atoms with E-state index < -0.39 is 27.6 Å². The van der Waals surface area contributed by atoms with Gasteiger partial charge in [-0.2, -0.15) is 4.31 Å². The molecule has 0 atom stereocenters. The number of carbonyl (C=O) groups excluding carboxylic acids is 2. The fourth-order valence-corrected chi connectivity index (χ4v) is 5.14. The Kier molecular flexibility index (Phi) is 7.60. The monoisotopic (exact) mass is 539 g/mol. The van der Waals surface area contributed by atoms with Gasteiger partial charge in [0.2, 0.25) is 10.0 Å². The van der Waals surface area contributed by atoms with Crippen molar-refractivity contribution in [3.05, 3.63) is 60.7 Å². The molecule has 13 heteroatoms. The molecule has 0 bridgehead atoms. The minimum absolute atomic E-state index is 0.0418. The molecule has 38 heavy (non-hydrogen) atoms. The van der Waals surface area contributed by atoms with Gasteiger partial charge in [-0.3, -0.25) is 9.78 Å². The van der Waals surface area contributed by atoms with E-state index in [4.69, 9.17) is 10.5 Å². The maximum absolute atomic E-state index is 13.2. The predicted octanol–water partition coefficient (Wildman–Crippen LogP) is 2.61. The van der Waals surface area contributed by atoms with Gasteiger partial charge in [0.15, 0.2) is 11.5 Å². The van der Waals surface area contributed by atoms with Crippen molar-refractivity contribution in [1.82, 2.24) is 24.2 Å². The van der Waals surface area contributed by atoms with Gasteiger partial charge in [-0.05, 0) is 45.0 Å². The van der Waals surface area contributed by atoms with Gasteiger partial charge in [0.05, 0.1) is 28.7 Å². The first kappa shape index (κ1) is 26.9. The first-order valence-electron chi connectivity index (χ1n) is 11.9. The number of amides is 2. The molecule has 2 amide bonds. The second kappa shape index (κ2) is 10.7. The minimum Gasteiger partial charge on any atom is -0.444 e. The zero-order valence-corrected chi connectivity index (χ0v) is 22.1. The van der Waals surface area contributed by atoms with Crippen LogP contribution in [0.25, 0.3) is 11.3 Å². The molecule has 1 aliphatic rings. The quantitative estimate of drug-likeness (QED) is 0.496. The van der Waals surface area contributed by atoms with Crippen molar-refractivity contribution in [3.8, 4) is 11.3 Å². The van der Waals surface area contributed by atoms with Crippen molar-refractivity contribution in [2.24, 2.45) is 0 Å². The van der Waals surface area contributed by atoms with Crippen LogP contribution in [0.2, 0.25) is 0 Å². The molecular weight excluding hydrogens is 510 g/mol. The summed E-state index contributed by atoms with van der Waals surface area (Å²) in [7, 11) is -3.78. The molecule has 1 aromatic carbocycles. The molecule has 3 N–H and O–H groups in total. The summed E-state index contributed by atoms with van der Waals surface area (Å²) < 4.78 is 33.1. The molecule has 0 aliphatic carbocycles. The Labute approximate surface area is 220 Å². The summed E-state index contributed by atoms with van der Waals surface area (Å²) in [6.07, 6.45) is 4.02. The highest BCUT2D eigenvalue weighted by Gasteiger charge is 2.32. The van der Waals surface area contributed by atoms with E-state index in [1.54, 1.807) is 51.2 Å². The molecule has 3 heterocycles. The highest BCUT2D eigenvalue weighted by atomic mass is 32.2. The minimum atomic E-state index is -3.78. The van der Waals surface area contributed by atoms with Crippen molar-refractivity contribution < 1.29 is 22.7 Å². The number of carbonyl (C=O) groups is 2. The van der Waals surface area contributed by atoms with E-state index >= 15 is 0 Å². The number of rotatable bonds is 5. The fraction of sp³-hybridized carbons (Fsp3) is 0.320. The predicted molar refractivity (Wildman–Crippen MR) is 141 cm³/mol. The summed E-state index contributed by atoms with van der Waals surface area (Å²) in [5.74, 6) is -0.588. The van der Waals surface area contributed by atoms with E-state index in [0.29, 0.717) is 16.9 Å². The second-order valence-electron chi connectivity index (χ2n) is 9.58. The van der Waals surface area contributed by atoms with Crippen LogP contribution in [-0.2, 0) is 14.8 Å². The Balaban J connectivity index is 1.45. The maximum Gasteiger partial charge on any atom is 0.410 e. The molecule has 0 saturated carbocycles. The molecule has 0 unspecified atom stereocenters. The van der Waals surface area contributed by atoms with E-state index in [9.17, 15) is 18.0 Å². The Morgan fingerprint density at radius 1 is 1.03 bits per heavy atom. The Hall–Kier alpha value is -4.10. The molecule has 2 aromatic heterocycles. The number of piperazine rings is 1. The van der Waals surface area contributed by atoms with Gasteiger partial charge in [0, 0.05) is 37.9 Å². The largest absolute Gasteiger partial charge is 0.444 e. The summed E-state index contributed by atoms with van der Waals surface area (Å²) >= 11 is 0. The number of aromatic nitrogens is 3. The molecule has 0 radical (unpaired) electrons. The van der Waals surface area contributed by atoms with Crippen LogP contribution in [0.1, 0.15) is 31.3 Å². The Morgan fingerprint density at radius 3 is 2.32 bits per heavy atom. The lowest BCUT2D eigenvalue weighted by Crippen LogP contribution is -2.51. The van der Waals surface area contributed by atoms with Crippen LogP contribution in [0, 0.1) is 0 Å². The van der Waals surface area contributed by atoms with Crippen LogP contribution in [0.4, 0.5) is 16.3 Å². The number of ether oxygens (including phenoxy) is 1. The van der Waals surface area contributed by atoms with Crippen LogP contribution in [0.5, 0.6) is 0 Å². The lowest BCUT2D eigenvalue weighted by molar-refractivity contribution is 0.0192. The van der Waals surface area contributed by atoms with Crippen molar-refractivity contribution in [3.63, 3.8) is 0 Å². The topological polar surface area (TPSA) is 161 Å². The van der Waals surface area contributed by atoms with Crippen molar-refractivity contribution >= 4 is 33.5 Å². The van der Waals surface area contributed by atoms with Gasteiger partial charge in [-0.15, -0.1) is 0 Å². The number of sulfonamides is 1. The summed E-state index contributed by atoms with van der Waals surface area (Å²) in [6, 6.07) is 9.48. The van der Waals surface area contributed by atoms with Gasteiger partial charge in [-0.1, -0.05) is 12.1 Å². The Morgan fingerprint density at radius 2 is 1.71 bits per heavy atom. The lowest BCUT2D eigenvalue weighted by Gasteiger charge is -2.35. The molecule has 0 spiro atoms. The zero-order valence-electron chi connectivity index (χ0n) is 21.3. The molecule has 4 rings (SSSR count). The average Bonchev–Trinajstić information content (AvgIpc) is 2.88. The molecule has 3 aromatic rings. The SMILES string of the molecule is CC(C)(C)OC(=O)N1CCN(S(=O)(=O)c2ccc(-c3cnc(N)c(C(=O)Nc4cccnc4)n3)cc2)CC1. The summed E-state index contributed by atoms with van der Waals surface area (Å²) in [6.45, 7) is 6.12. The highest BCUT2D eigenvalue weighted by Crippen LogP contribution is 2.24. The maximum atomic E-state index is 13.2. The van der Waals surface area contributed by atoms with Gasteiger partial charge in [0.1, 0.15) is 5.60 Å². The van der Waals surface area contributed by atoms with Crippen molar-refractivity contribution in [2.45, 2.75) is 31.3 Å². The number of hydrogen-bond acceptors (Lipinski definition) is 9. The normalized spacial score (nSPS) is 14.7. The summed E-state index contributed by atoms with van der Waals surface area (Å²) in [5, 5.41) is 2.66. The van der Waals surface area contributed by atoms with Gasteiger partial charge < -0.3 is 20.7 Å². The number of anilines is 2. The number of nitrogen functional groups attached to an aromatic ring is 1. The summed E-state index contributed by atoms with van der Waals surface area (Å²) in [4.78, 5) is 38.9. The first-order valence-corrected chi connectivity index (χ1v) is 13.3. The number of benzene rings is 1. The van der Waals surface area contributed by atoms with Crippen LogP contribution < -0.4 is 11.1 Å². The van der Waals surface area contributed by atoms with Crippen LogP contribution in [-0.4, -0.2) is 76.4 Å². The van der Waals surface area contributed by atoms with Gasteiger partial charge >= 0.3 is 6.09 Å². The smallest absolute Gasteiger partial charge is 0.410 e. The number of pyridine rings is 1. The standard InChI is InChI=1S/C25H29N7O5S/c1-25(2,3)37-24(34)31-11-13-32(14-12-31)38(35,36)19-8-6-17(7-9-19)20-16-28-22(26)21(30-20)23(33)29-18-5-4-10-27-15-18/h4-10,15-16H,11-14H2,1-3H3,(H2,26,28)(H,29,33). The van der Waals surface area contributed by atoms with Gasteiger partial charge in [-0.25, -0.2) is 23.2 Å². The van der Waals surface area contributed by atoms with E-state index in [1.807, 2.05) is 0 Å². The number of hydrogen-bond donors (Lipinski definition) is 2. The molecule has 12 nitrogen and oxygen atoms in total. The fourth-order valence-electron chi connectivity index (χ4n) is 3.72. The van der Waals surface area contributed by atoms with E-state index in [2.05, 4.69) is 20.3 Å². The number of nitrogens with zero attached hydrogens (tertiary/aromatic N) is 5. The first-order chi connectivity index (χ1) is 17.9.